The van der Waals surface area contributed by atoms with E-state index in [1.807, 2.05) is 42.5 Å². The topological polar surface area (TPSA) is 76.7 Å². The maximum Gasteiger partial charge on any atom is 0.262 e. The van der Waals surface area contributed by atoms with Crippen LogP contribution >= 0.6 is 0 Å². The van der Waals surface area contributed by atoms with Gasteiger partial charge in [0.1, 0.15) is 11.5 Å². The number of nitrogens with one attached hydrogen (secondary N) is 2. The number of benzene rings is 3. The molecule has 0 aromatic heterocycles. The molecule has 0 aliphatic carbocycles. The van der Waals surface area contributed by atoms with Crippen molar-refractivity contribution in [3.63, 3.8) is 0 Å². The van der Waals surface area contributed by atoms with Crippen LogP contribution in [0, 0.1) is 0 Å². The van der Waals surface area contributed by atoms with Crippen molar-refractivity contribution in [3.05, 3.63) is 90.5 Å². The van der Waals surface area contributed by atoms with E-state index in [1.165, 1.54) is 6.08 Å². The highest BCUT2D eigenvalue weighted by Crippen LogP contribution is 2.19. The largest absolute Gasteiger partial charge is 0.496 e. The van der Waals surface area contributed by atoms with Gasteiger partial charge in [0.25, 0.3) is 5.91 Å². The number of rotatable bonds is 8. The van der Waals surface area contributed by atoms with Crippen molar-refractivity contribution < 1.29 is 19.1 Å². The lowest BCUT2D eigenvalue weighted by molar-refractivity contribution is -0.118. The number of anilines is 2. The predicted molar refractivity (Wildman–Crippen MR) is 118 cm³/mol. The minimum absolute atomic E-state index is 0.109. The second-order valence-electron chi connectivity index (χ2n) is 6.30. The number of ether oxygens (including phenoxy) is 2. The summed E-state index contributed by atoms with van der Waals surface area (Å²) in [6.07, 6.45) is 3.11. The second kappa shape index (κ2) is 10.5. The Labute approximate surface area is 175 Å². The molecule has 3 rings (SSSR count). The predicted octanol–water partition coefficient (Wildman–Crippen LogP) is 4.36. The van der Waals surface area contributed by atoms with Gasteiger partial charge in [0, 0.05) is 23.0 Å². The first-order valence-electron chi connectivity index (χ1n) is 9.34. The van der Waals surface area contributed by atoms with Gasteiger partial charge in [-0.15, -0.1) is 0 Å². The molecule has 0 fully saturated rings. The summed E-state index contributed by atoms with van der Waals surface area (Å²) in [7, 11) is 1.58. The van der Waals surface area contributed by atoms with Crippen molar-refractivity contribution in [1.82, 2.24) is 0 Å². The van der Waals surface area contributed by atoms with Gasteiger partial charge >= 0.3 is 0 Å². The number of para-hydroxylation sites is 2. The minimum Gasteiger partial charge on any atom is -0.496 e. The molecule has 0 atom stereocenters. The van der Waals surface area contributed by atoms with Crippen LogP contribution in [0.15, 0.2) is 84.9 Å². The Morgan fingerprint density at radius 1 is 0.867 bits per heavy atom. The third-order valence-corrected chi connectivity index (χ3v) is 4.08. The molecule has 3 aromatic carbocycles. The zero-order valence-electron chi connectivity index (χ0n) is 16.5. The summed E-state index contributed by atoms with van der Waals surface area (Å²) in [6.45, 7) is -0.109. The van der Waals surface area contributed by atoms with Crippen LogP contribution in [-0.2, 0) is 9.59 Å². The molecule has 0 saturated carbocycles. The normalized spacial score (nSPS) is 10.4. The minimum atomic E-state index is -0.295. The Bertz CT molecular complexity index is 1030. The van der Waals surface area contributed by atoms with Crippen LogP contribution in [0.1, 0.15) is 5.56 Å². The third-order valence-electron chi connectivity index (χ3n) is 4.08. The standard InChI is InChI=1S/C24H22N2O4/c1-29-22-13-6-5-8-18(22)14-15-23(27)25-19-9-7-10-20(16-19)26-24(28)17-30-21-11-3-2-4-12-21/h2-16H,17H2,1H3,(H,25,27)(H,26,28)/b15-14+. The lowest BCUT2D eigenvalue weighted by atomic mass is 10.2. The van der Waals surface area contributed by atoms with Crippen molar-refractivity contribution in [1.29, 1.82) is 0 Å². The summed E-state index contributed by atoms with van der Waals surface area (Å²) in [4.78, 5) is 24.3. The van der Waals surface area contributed by atoms with Crippen LogP contribution in [0.4, 0.5) is 11.4 Å². The molecule has 3 aromatic rings. The molecular formula is C24H22N2O4. The van der Waals surface area contributed by atoms with E-state index in [0.29, 0.717) is 22.9 Å². The van der Waals surface area contributed by atoms with Crippen LogP contribution in [0.5, 0.6) is 11.5 Å². The monoisotopic (exact) mass is 402 g/mol. The first-order chi connectivity index (χ1) is 14.6. The Morgan fingerprint density at radius 2 is 1.57 bits per heavy atom. The molecule has 0 bridgehead atoms. The quantitative estimate of drug-likeness (QED) is 0.549. The summed E-state index contributed by atoms with van der Waals surface area (Å²) in [5.41, 5.74) is 1.92. The van der Waals surface area contributed by atoms with E-state index in [-0.39, 0.29) is 18.4 Å². The molecule has 0 spiro atoms. The highest BCUT2D eigenvalue weighted by Gasteiger charge is 2.06. The highest BCUT2D eigenvalue weighted by molar-refractivity contribution is 6.02. The van der Waals surface area contributed by atoms with Crippen molar-refractivity contribution in [2.24, 2.45) is 0 Å². The summed E-state index contributed by atoms with van der Waals surface area (Å²) in [6, 6.07) is 23.4. The van der Waals surface area contributed by atoms with E-state index < -0.39 is 0 Å². The van der Waals surface area contributed by atoms with Crippen LogP contribution in [-0.4, -0.2) is 25.5 Å². The maximum atomic E-state index is 12.2. The van der Waals surface area contributed by atoms with Gasteiger partial charge < -0.3 is 20.1 Å². The Balaban J connectivity index is 1.55. The molecule has 2 amide bonds. The number of hydrogen-bond acceptors (Lipinski definition) is 4. The highest BCUT2D eigenvalue weighted by atomic mass is 16.5. The van der Waals surface area contributed by atoms with E-state index in [9.17, 15) is 9.59 Å². The molecule has 0 heterocycles. The van der Waals surface area contributed by atoms with Crippen LogP contribution in [0.25, 0.3) is 6.08 Å². The molecular weight excluding hydrogens is 380 g/mol. The Kier molecular flexibility index (Phi) is 7.22. The molecule has 2 N–H and O–H groups in total. The van der Waals surface area contributed by atoms with Gasteiger partial charge in [0.2, 0.25) is 5.91 Å². The second-order valence-corrected chi connectivity index (χ2v) is 6.30. The summed E-state index contributed by atoms with van der Waals surface area (Å²) in [5, 5.41) is 5.52. The van der Waals surface area contributed by atoms with E-state index in [4.69, 9.17) is 9.47 Å². The molecule has 152 valence electrons. The number of methoxy groups -OCH3 is 1. The smallest absolute Gasteiger partial charge is 0.262 e. The average molecular weight is 402 g/mol. The molecule has 0 aliphatic heterocycles. The van der Waals surface area contributed by atoms with Gasteiger partial charge in [0.05, 0.1) is 7.11 Å². The number of carbonyl (C=O) groups excluding carboxylic acids is 2. The van der Waals surface area contributed by atoms with E-state index in [1.54, 1.807) is 49.6 Å². The van der Waals surface area contributed by atoms with Crippen molar-refractivity contribution in [2.75, 3.05) is 24.4 Å². The van der Waals surface area contributed by atoms with Gasteiger partial charge in [-0.3, -0.25) is 9.59 Å². The molecule has 0 radical (unpaired) electrons. The fraction of sp³-hybridized carbons (Fsp3) is 0.0833. The lowest BCUT2D eigenvalue weighted by Gasteiger charge is -2.09. The SMILES string of the molecule is COc1ccccc1/C=C/C(=O)Nc1cccc(NC(=O)COc2ccccc2)c1. The van der Waals surface area contributed by atoms with Gasteiger partial charge in [-0.05, 0) is 42.5 Å². The molecule has 0 saturated heterocycles. The molecule has 6 heteroatoms. The number of hydrogen-bond donors (Lipinski definition) is 2. The fourth-order valence-electron chi connectivity index (χ4n) is 2.69. The van der Waals surface area contributed by atoms with Crippen LogP contribution < -0.4 is 20.1 Å². The Morgan fingerprint density at radius 3 is 2.33 bits per heavy atom. The maximum absolute atomic E-state index is 12.2. The summed E-state index contributed by atoms with van der Waals surface area (Å²) in [5.74, 6) is 0.717. The molecule has 30 heavy (non-hydrogen) atoms. The fourth-order valence-corrected chi connectivity index (χ4v) is 2.69. The van der Waals surface area contributed by atoms with Gasteiger partial charge in [0.15, 0.2) is 6.61 Å². The van der Waals surface area contributed by atoms with Crippen molar-refractivity contribution in [2.45, 2.75) is 0 Å². The van der Waals surface area contributed by atoms with Crippen molar-refractivity contribution in [3.8, 4) is 11.5 Å². The summed E-state index contributed by atoms with van der Waals surface area (Å²) >= 11 is 0. The van der Waals surface area contributed by atoms with Gasteiger partial charge in [-0.25, -0.2) is 0 Å². The third kappa shape index (κ3) is 6.24. The number of amides is 2. The van der Waals surface area contributed by atoms with E-state index >= 15 is 0 Å². The Hall–Kier alpha value is -4.06. The van der Waals surface area contributed by atoms with Crippen molar-refractivity contribution >= 4 is 29.3 Å². The van der Waals surface area contributed by atoms with Crippen LogP contribution in [0.2, 0.25) is 0 Å². The zero-order chi connectivity index (χ0) is 21.2. The first kappa shape index (κ1) is 20.7. The molecule has 0 aliphatic rings. The average Bonchev–Trinajstić information content (AvgIpc) is 2.77. The first-order valence-corrected chi connectivity index (χ1v) is 9.34. The van der Waals surface area contributed by atoms with E-state index in [0.717, 1.165) is 5.56 Å². The number of carbonyl (C=O) groups is 2. The molecule has 6 nitrogen and oxygen atoms in total. The molecule has 0 unspecified atom stereocenters. The van der Waals surface area contributed by atoms with Crippen LogP contribution in [0.3, 0.4) is 0 Å². The van der Waals surface area contributed by atoms with E-state index in [2.05, 4.69) is 10.6 Å². The lowest BCUT2D eigenvalue weighted by Crippen LogP contribution is -2.20. The zero-order valence-corrected chi connectivity index (χ0v) is 16.5. The van der Waals surface area contributed by atoms with Gasteiger partial charge in [-0.2, -0.15) is 0 Å². The van der Waals surface area contributed by atoms with Gasteiger partial charge in [-0.1, -0.05) is 42.5 Å². The summed E-state index contributed by atoms with van der Waals surface area (Å²) < 4.78 is 10.7.